The second kappa shape index (κ2) is 6.60. The molecule has 124 valence electrons. The zero-order chi connectivity index (χ0) is 18.3. The second-order valence-electron chi connectivity index (χ2n) is 6.40. The Balaban J connectivity index is 1.55. The molecule has 4 rings (SSSR count). The zero-order valence-corrected chi connectivity index (χ0v) is 14.9. The summed E-state index contributed by atoms with van der Waals surface area (Å²) in [6.07, 6.45) is 4.53. The Morgan fingerprint density at radius 2 is 2.04 bits per heavy atom. The van der Waals surface area contributed by atoms with Crippen molar-refractivity contribution in [1.29, 1.82) is 0 Å². The van der Waals surface area contributed by atoms with Crippen molar-refractivity contribution < 1.29 is 12.3 Å². The van der Waals surface area contributed by atoms with Crippen molar-refractivity contribution in [3.05, 3.63) is 63.6 Å². The first-order chi connectivity index (χ1) is 12.4. The molecule has 0 saturated heterocycles. The summed E-state index contributed by atoms with van der Waals surface area (Å²) in [5.41, 5.74) is 2.08. The molecular formula is C20H20BrNO2. The van der Waals surface area contributed by atoms with Crippen molar-refractivity contribution in [2.24, 2.45) is 0 Å². The summed E-state index contributed by atoms with van der Waals surface area (Å²) < 4.78 is 23.0. The van der Waals surface area contributed by atoms with Crippen LogP contribution in [0.25, 0.3) is 0 Å². The molecular weight excluding hydrogens is 366 g/mol. The van der Waals surface area contributed by atoms with Crippen molar-refractivity contribution in [2.45, 2.75) is 44.8 Å². The Hall–Kier alpha value is -1.81. The molecule has 0 atom stereocenters. The van der Waals surface area contributed by atoms with Gasteiger partial charge in [-0.15, -0.1) is 0 Å². The van der Waals surface area contributed by atoms with Gasteiger partial charge in [-0.3, -0.25) is 4.79 Å². The monoisotopic (exact) mass is 387 g/mol. The molecule has 0 spiro atoms. The molecule has 1 fully saturated rings. The number of halogens is 1. The van der Waals surface area contributed by atoms with E-state index in [1.54, 1.807) is 36.4 Å². The van der Waals surface area contributed by atoms with Crippen LogP contribution in [0.2, 0.25) is 0 Å². The van der Waals surface area contributed by atoms with Gasteiger partial charge in [-0.05, 0) is 54.3 Å². The van der Waals surface area contributed by atoms with Crippen LogP contribution in [0.4, 0.5) is 0 Å². The molecule has 2 aromatic carbocycles. The van der Waals surface area contributed by atoms with E-state index in [1.807, 2.05) is 11.0 Å². The number of nitrogens with zero attached hydrogens (tertiary/aromatic N) is 1. The first kappa shape index (κ1) is 13.5. The Labute approximate surface area is 153 Å². The van der Waals surface area contributed by atoms with Gasteiger partial charge >= 0.3 is 0 Å². The molecule has 0 unspecified atom stereocenters. The number of rotatable bonds is 4. The van der Waals surface area contributed by atoms with Gasteiger partial charge in [0.2, 0.25) is 0 Å². The van der Waals surface area contributed by atoms with Gasteiger partial charge in [-0.1, -0.05) is 40.9 Å². The van der Waals surface area contributed by atoms with Crippen LogP contribution in [0.1, 0.15) is 49.9 Å². The van der Waals surface area contributed by atoms with Crippen molar-refractivity contribution in [2.75, 3.05) is 0 Å². The third-order valence-corrected chi connectivity index (χ3v) is 5.28. The van der Waals surface area contributed by atoms with E-state index in [1.165, 1.54) is 12.8 Å². The average Bonchev–Trinajstić information content (AvgIpc) is 3.23. The number of hydrogen-bond donors (Lipinski definition) is 0. The summed E-state index contributed by atoms with van der Waals surface area (Å²) in [6.45, 7) is -1.36. The SMILES string of the molecule is [2H]C([2H])(Oc1ccc2c(c1)CN(C1CCCC1)C2=O)c1cccc(Br)c1. The molecule has 0 aromatic heterocycles. The quantitative estimate of drug-likeness (QED) is 0.744. The van der Waals surface area contributed by atoms with Gasteiger partial charge in [0.15, 0.2) is 0 Å². The number of carbonyl (C=O) groups excluding carboxylic acids is 1. The van der Waals surface area contributed by atoms with Gasteiger partial charge in [-0.25, -0.2) is 0 Å². The van der Waals surface area contributed by atoms with Gasteiger partial charge in [0, 0.05) is 22.6 Å². The molecule has 1 aliphatic heterocycles. The van der Waals surface area contributed by atoms with Crippen LogP contribution in [0, 0.1) is 0 Å². The highest BCUT2D eigenvalue weighted by molar-refractivity contribution is 9.10. The van der Waals surface area contributed by atoms with Crippen LogP contribution in [-0.4, -0.2) is 16.8 Å². The van der Waals surface area contributed by atoms with Gasteiger partial charge in [-0.2, -0.15) is 0 Å². The zero-order valence-electron chi connectivity index (χ0n) is 15.3. The standard InChI is InChI=1S/C20H20BrNO2/c21-16-5-3-4-14(10-16)13-24-18-8-9-19-15(11-18)12-22(20(19)23)17-6-1-2-7-17/h3-5,8-11,17H,1-2,6-7,12-13H2/i13D2. The van der Waals surface area contributed by atoms with Crippen molar-refractivity contribution in [1.82, 2.24) is 4.90 Å². The van der Waals surface area contributed by atoms with Crippen molar-refractivity contribution in [3.63, 3.8) is 0 Å². The Bertz CT molecular complexity index is 849. The Kier molecular flexibility index (Phi) is 3.70. The summed E-state index contributed by atoms with van der Waals surface area (Å²) in [5, 5.41) is 0. The molecule has 1 heterocycles. The molecule has 1 saturated carbocycles. The molecule has 0 radical (unpaired) electrons. The highest BCUT2D eigenvalue weighted by Crippen LogP contribution is 2.33. The fraction of sp³-hybridized carbons (Fsp3) is 0.350. The van der Waals surface area contributed by atoms with Crippen LogP contribution < -0.4 is 4.74 Å². The maximum absolute atomic E-state index is 12.6. The highest BCUT2D eigenvalue weighted by atomic mass is 79.9. The number of carbonyl (C=O) groups is 1. The first-order valence-electron chi connectivity index (χ1n) is 9.33. The van der Waals surface area contributed by atoms with Crippen LogP contribution in [0.5, 0.6) is 5.75 Å². The third kappa shape index (κ3) is 3.07. The summed E-state index contributed by atoms with van der Waals surface area (Å²) >= 11 is 3.36. The highest BCUT2D eigenvalue weighted by Gasteiger charge is 2.34. The van der Waals surface area contributed by atoms with E-state index in [0.717, 1.165) is 22.9 Å². The van der Waals surface area contributed by atoms with Crippen LogP contribution in [0.15, 0.2) is 46.9 Å². The predicted octanol–water partition coefficient (Wildman–Crippen LogP) is 4.93. The maximum atomic E-state index is 12.6. The number of ether oxygens (including phenoxy) is 1. The van der Waals surface area contributed by atoms with Crippen LogP contribution in [0.3, 0.4) is 0 Å². The summed E-state index contributed by atoms with van der Waals surface area (Å²) in [7, 11) is 0. The minimum absolute atomic E-state index is 0.0912. The first-order valence-corrected chi connectivity index (χ1v) is 9.12. The molecule has 2 aliphatic rings. The van der Waals surface area contributed by atoms with E-state index in [0.29, 0.717) is 29.5 Å². The molecule has 0 bridgehead atoms. The number of benzene rings is 2. The molecule has 0 N–H and O–H groups in total. The molecule has 2 aromatic rings. The maximum Gasteiger partial charge on any atom is 0.254 e. The largest absolute Gasteiger partial charge is 0.489 e. The third-order valence-electron chi connectivity index (χ3n) is 4.79. The summed E-state index contributed by atoms with van der Waals surface area (Å²) in [4.78, 5) is 14.6. The Morgan fingerprint density at radius 3 is 2.83 bits per heavy atom. The number of amides is 1. The Morgan fingerprint density at radius 1 is 1.21 bits per heavy atom. The van der Waals surface area contributed by atoms with Crippen molar-refractivity contribution >= 4 is 21.8 Å². The van der Waals surface area contributed by atoms with Gasteiger partial charge in [0.25, 0.3) is 5.91 Å². The minimum atomic E-state index is -1.95. The fourth-order valence-electron chi connectivity index (χ4n) is 3.56. The lowest BCUT2D eigenvalue weighted by Gasteiger charge is -2.23. The molecule has 4 heteroatoms. The topological polar surface area (TPSA) is 29.5 Å². The lowest BCUT2D eigenvalue weighted by molar-refractivity contribution is 0.0707. The smallest absolute Gasteiger partial charge is 0.254 e. The van der Waals surface area contributed by atoms with Crippen LogP contribution >= 0.6 is 15.9 Å². The fourth-order valence-corrected chi connectivity index (χ4v) is 3.96. The minimum Gasteiger partial charge on any atom is -0.489 e. The molecule has 1 aliphatic carbocycles. The normalized spacial score (nSPS) is 19.2. The van der Waals surface area contributed by atoms with Gasteiger partial charge < -0.3 is 9.64 Å². The van der Waals surface area contributed by atoms with Crippen LogP contribution in [-0.2, 0) is 13.1 Å². The number of hydrogen-bond acceptors (Lipinski definition) is 2. The van der Waals surface area contributed by atoms with Crippen molar-refractivity contribution in [3.8, 4) is 5.75 Å². The van der Waals surface area contributed by atoms with E-state index in [2.05, 4.69) is 15.9 Å². The van der Waals surface area contributed by atoms with E-state index in [4.69, 9.17) is 7.48 Å². The van der Waals surface area contributed by atoms with E-state index in [-0.39, 0.29) is 5.91 Å². The van der Waals surface area contributed by atoms with Gasteiger partial charge in [0.1, 0.15) is 12.3 Å². The lowest BCUT2D eigenvalue weighted by Crippen LogP contribution is -2.33. The van der Waals surface area contributed by atoms with E-state index in [9.17, 15) is 4.79 Å². The average molecular weight is 388 g/mol. The molecule has 24 heavy (non-hydrogen) atoms. The second-order valence-corrected chi connectivity index (χ2v) is 7.32. The summed E-state index contributed by atoms with van der Waals surface area (Å²) in [5.74, 6) is 0.531. The predicted molar refractivity (Wildman–Crippen MR) is 97.0 cm³/mol. The lowest BCUT2D eigenvalue weighted by atomic mass is 10.1. The number of fused-ring (bicyclic) bond motifs is 1. The molecule has 3 nitrogen and oxygen atoms in total. The summed E-state index contributed by atoms with van der Waals surface area (Å²) in [6, 6.07) is 12.6. The van der Waals surface area contributed by atoms with E-state index < -0.39 is 6.56 Å². The van der Waals surface area contributed by atoms with Gasteiger partial charge in [0.05, 0.1) is 2.74 Å². The van der Waals surface area contributed by atoms with E-state index >= 15 is 0 Å². The molecule has 1 amide bonds.